The van der Waals surface area contributed by atoms with Crippen molar-refractivity contribution >= 4 is 11.6 Å². The van der Waals surface area contributed by atoms with E-state index in [-0.39, 0.29) is 0 Å². The molecule has 3 aromatic rings. The Morgan fingerprint density at radius 3 is 2.39 bits per heavy atom. The molecule has 1 aliphatic carbocycles. The van der Waals surface area contributed by atoms with E-state index in [1.807, 2.05) is 48.5 Å². The first kappa shape index (κ1) is 21.7. The van der Waals surface area contributed by atoms with E-state index >= 15 is 0 Å². The van der Waals surface area contributed by atoms with Gasteiger partial charge in [-0.2, -0.15) is 13.2 Å². The predicted octanol–water partition coefficient (Wildman–Crippen LogP) is 6.64. The molecule has 0 heterocycles. The van der Waals surface area contributed by atoms with Gasteiger partial charge in [-0.1, -0.05) is 48.5 Å². The summed E-state index contributed by atoms with van der Waals surface area (Å²) in [5.41, 5.74) is 3.01. The topological polar surface area (TPSA) is 21.3 Å². The number of rotatable bonds is 8. The summed E-state index contributed by atoms with van der Waals surface area (Å²) in [6, 6.07) is 21.4. The van der Waals surface area contributed by atoms with Crippen LogP contribution in [-0.4, -0.2) is 18.5 Å². The molecule has 4 rings (SSSR count). The molecule has 1 N–H and O–H groups in total. The van der Waals surface area contributed by atoms with E-state index in [4.69, 9.17) is 16.3 Å². The number of halogens is 4. The first-order valence-electron chi connectivity index (χ1n) is 10.2. The summed E-state index contributed by atoms with van der Waals surface area (Å²) in [4.78, 5) is 0. The third kappa shape index (κ3) is 5.41. The van der Waals surface area contributed by atoms with E-state index in [1.165, 1.54) is 12.1 Å². The molecule has 0 aliphatic heterocycles. The third-order valence-corrected chi connectivity index (χ3v) is 5.67. The Morgan fingerprint density at radius 1 is 0.968 bits per heavy atom. The van der Waals surface area contributed by atoms with Crippen molar-refractivity contribution in [2.45, 2.75) is 31.2 Å². The Hall–Kier alpha value is -2.50. The molecule has 0 aromatic heterocycles. The van der Waals surface area contributed by atoms with Gasteiger partial charge < -0.3 is 10.1 Å². The van der Waals surface area contributed by atoms with E-state index in [0.717, 1.165) is 41.8 Å². The first-order chi connectivity index (χ1) is 15.0. The minimum Gasteiger partial charge on any atom is -0.488 e. The molecular weight excluding hydrogens is 423 g/mol. The van der Waals surface area contributed by atoms with Crippen LogP contribution in [0, 0.1) is 0 Å². The van der Waals surface area contributed by atoms with Crippen molar-refractivity contribution in [2.75, 3.05) is 12.4 Å². The van der Waals surface area contributed by atoms with Crippen molar-refractivity contribution in [1.29, 1.82) is 0 Å². The highest BCUT2D eigenvalue weighted by atomic mass is 35.5. The zero-order valence-electron chi connectivity index (χ0n) is 16.8. The molecule has 31 heavy (non-hydrogen) atoms. The molecule has 0 saturated heterocycles. The van der Waals surface area contributed by atoms with Gasteiger partial charge in [-0.05, 0) is 47.4 Å². The lowest BCUT2D eigenvalue weighted by atomic mass is 9.98. The number of hydrogen-bond acceptors (Lipinski definition) is 2. The number of ether oxygens (including phenoxy) is 1. The Balaban J connectivity index is 1.61. The molecule has 2 unspecified atom stereocenters. The Kier molecular flexibility index (Phi) is 6.54. The van der Waals surface area contributed by atoms with Gasteiger partial charge in [0.05, 0.1) is 5.56 Å². The lowest BCUT2D eigenvalue weighted by Crippen LogP contribution is -2.20. The van der Waals surface area contributed by atoms with Crippen LogP contribution in [-0.2, 0) is 12.8 Å². The van der Waals surface area contributed by atoms with Crippen LogP contribution in [0.15, 0.2) is 72.8 Å². The normalized spacial score (nSPS) is 18.1. The van der Waals surface area contributed by atoms with E-state index in [2.05, 4.69) is 5.32 Å². The fourth-order valence-electron chi connectivity index (χ4n) is 3.73. The lowest BCUT2D eigenvalue weighted by molar-refractivity contribution is -0.137. The number of alkyl halides is 4. The summed E-state index contributed by atoms with van der Waals surface area (Å²) in [5, 5.41) is 3.41. The number of nitrogens with one attached hydrogen (secondary N) is 1. The second kappa shape index (κ2) is 9.33. The van der Waals surface area contributed by atoms with Crippen LogP contribution in [0.1, 0.15) is 29.0 Å². The molecule has 0 amide bonds. The zero-order chi connectivity index (χ0) is 21.8. The number of hydrogen-bond donors (Lipinski definition) is 1. The van der Waals surface area contributed by atoms with Crippen LogP contribution in [0.2, 0.25) is 0 Å². The Morgan fingerprint density at radius 2 is 1.71 bits per heavy atom. The molecular formula is C25H23ClF3NO. The van der Waals surface area contributed by atoms with Crippen LogP contribution in [0.3, 0.4) is 0 Å². The van der Waals surface area contributed by atoms with Crippen LogP contribution < -0.4 is 10.1 Å². The summed E-state index contributed by atoms with van der Waals surface area (Å²) in [5.74, 6) is 1.59. The molecule has 0 radical (unpaired) electrons. The van der Waals surface area contributed by atoms with Gasteiger partial charge in [0.15, 0.2) is 0 Å². The zero-order valence-corrected chi connectivity index (χ0v) is 17.6. The molecule has 2 nitrogen and oxygen atoms in total. The van der Waals surface area contributed by atoms with Gasteiger partial charge in [-0.15, -0.1) is 11.6 Å². The van der Waals surface area contributed by atoms with E-state index in [0.29, 0.717) is 35.8 Å². The second-order valence-electron chi connectivity index (χ2n) is 7.70. The van der Waals surface area contributed by atoms with Gasteiger partial charge in [0.2, 0.25) is 0 Å². The van der Waals surface area contributed by atoms with Gasteiger partial charge in [-0.25, -0.2) is 0 Å². The van der Waals surface area contributed by atoms with Crippen LogP contribution in [0.25, 0.3) is 11.1 Å². The highest BCUT2D eigenvalue weighted by molar-refractivity contribution is 6.18. The van der Waals surface area contributed by atoms with Gasteiger partial charge in [0.25, 0.3) is 0 Å². The average molecular weight is 446 g/mol. The van der Waals surface area contributed by atoms with Crippen molar-refractivity contribution in [3.8, 4) is 16.9 Å². The molecule has 3 aromatic carbocycles. The van der Waals surface area contributed by atoms with Gasteiger partial charge in [0.1, 0.15) is 12.4 Å². The van der Waals surface area contributed by atoms with E-state index in [1.54, 1.807) is 0 Å². The molecule has 2 atom stereocenters. The first-order valence-corrected chi connectivity index (χ1v) is 10.8. The summed E-state index contributed by atoms with van der Waals surface area (Å²) < 4.78 is 45.0. The van der Waals surface area contributed by atoms with Crippen molar-refractivity contribution < 1.29 is 17.9 Å². The lowest BCUT2D eigenvalue weighted by Gasteiger charge is -2.15. The fourth-order valence-corrected chi connectivity index (χ4v) is 3.84. The minimum absolute atomic E-state index is 0.375. The van der Waals surface area contributed by atoms with Crippen molar-refractivity contribution in [2.24, 2.45) is 0 Å². The Bertz CT molecular complexity index is 1010. The van der Waals surface area contributed by atoms with Gasteiger partial charge >= 0.3 is 6.18 Å². The highest BCUT2D eigenvalue weighted by Crippen LogP contribution is 2.44. The standard InChI is InChI=1S/C25H23ClF3NO/c26-12-13-30-23-15-21(23)19-8-11-24(31-16-17-4-2-1-3-5-17)22(14-19)18-6-9-20(10-7-18)25(27,28)29/h1-11,14,21,23,30H,12-13,15-16H2. The van der Waals surface area contributed by atoms with Crippen molar-refractivity contribution in [3.05, 3.63) is 89.5 Å². The summed E-state index contributed by atoms with van der Waals surface area (Å²) in [7, 11) is 0. The third-order valence-electron chi connectivity index (χ3n) is 5.48. The second-order valence-corrected chi connectivity index (χ2v) is 8.07. The van der Waals surface area contributed by atoms with Crippen LogP contribution >= 0.6 is 11.6 Å². The minimum atomic E-state index is -4.36. The smallest absolute Gasteiger partial charge is 0.416 e. The molecule has 1 aliphatic rings. The monoisotopic (exact) mass is 445 g/mol. The molecule has 0 spiro atoms. The van der Waals surface area contributed by atoms with Crippen LogP contribution in [0.5, 0.6) is 5.75 Å². The average Bonchev–Trinajstić information content (AvgIpc) is 3.56. The SMILES string of the molecule is FC(F)(F)c1ccc(-c2cc(C3CC3NCCCl)ccc2OCc2ccccc2)cc1. The maximum atomic E-state index is 13.0. The van der Waals surface area contributed by atoms with E-state index in [9.17, 15) is 13.2 Å². The molecule has 0 bridgehead atoms. The highest BCUT2D eigenvalue weighted by Gasteiger charge is 2.38. The largest absolute Gasteiger partial charge is 0.488 e. The van der Waals surface area contributed by atoms with Crippen molar-refractivity contribution in [3.63, 3.8) is 0 Å². The molecule has 6 heteroatoms. The van der Waals surface area contributed by atoms with Crippen molar-refractivity contribution in [1.82, 2.24) is 5.32 Å². The molecule has 1 fully saturated rings. The van der Waals surface area contributed by atoms with E-state index < -0.39 is 11.7 Å². The molecule has 162 valence electrons. The van der Waals surface area contributed by atoms with Gasteiger partial charge in [-0.3, -0.25) is 0 Å². The molecule has 1 saturated carbocycles. The summed E-state index contributed by atoms with van der Waals surface area (Å²) >= 11 is 5.76. The maximum absolute atomic E-state index is 13.0. The van der Waals surface area contributed by atoms with Gasteiger partial charge in [0, 0.05) is 29.9 Å². The quantitative estimate of drug-likeness (QED) is 0.392. The maximum Gasteiger partial charge on any atom is 0.416 e. The predicted molar refractivity (Wildman–Crippen MR) is 118 cm³/mol. The number of benzene rings is 3. The van der Waals surface area contributed by atoms with Crippen LogP contribution in [0.4, 0.5) is 13.2 Å². The fraction of sp³-hybridized carbons (Fsp3) is 0.280. The summed E-state index contributed by atoms with van der Waals surface area (Å²) in [6.45, 7) is 1.14. The Labute approximate surface area is 185 Å². The summed E-state index contributed by atoms with van der Waals surface area (Å²) in [6.07, 6.45) is -3.34.